The van der Waals surface area contributed by atoms with E-state index in [9.17, 15) is 0 Å². The monoisotopic (exact) mass is 114 g/mol. The molecule has 1 aliphatic heterocycles. The van der Waals surface area contributed by atoms with Crippen LogP contribution in [0.5, 0.6) is 0 Å². The summed E-state index contributed by atoms with van der Waals surface area (Å²) in [6, 6.07) is 0. The van der Waals surface area contributed by atoms with Gasteiger partial charge in [-0.1, -0.05) is 0 Å². The molecule has 0 atom stereocenters. The third-order valence-corrected chi connectivity index (χ3v) is 1.25. The topological polar surface area (TPSA) is 53.3 Å². The van der Waals surface area contributed by atoms with Crippen molar-refractivity contribution >= 4 is 0 Å². The molecule has 0 saturated carbocycles. The Balaban J connectivity index is 2.71. The maximum atomic E-state index is 5.43. The molecule has 4 nitrogen and oxygen atoms in total. The third kappa shape index (κ3) is 0.586. The molecule has 0 bridgehead atoms. The first kappa shape index (κ1) is 5.24. The van der Waals surface area contributed by atoms with Gasteiger partial charge in [-0.2, -0.15) is 0 Å². The van der Waals surface area contributed by atoms with Crippen LogP contribution < -0.4 is 16.7 Å². The smallest absolute Gasteiger partial charge is 0.133 e. The number of hydrogen-bond donors (Lipinski definition) is 3. The van der Waals surface area contributed by atoms with Crippen molar-refractivity contribution in [3.8, 4) is 0 Å². The van der Waals surface area contributed by atoms with Gasteiger partial charge in [-0.15, -0.1) is 5.53 Å². The highest BCUT2D eigenvalue weighted by molar-refractivity contribution is 5.06. The van der Waals surface area contributed by atoms with Crippen LogP contribution in [-0.4, -0.2) is 12.1 Å². The molecule has 0 spiro atoms. The number of allylic oxidation sites excluding steroid dienone is 1. The minimum Gasteiger partial charge on any atom is -0.383 e. The van der Waals surface area contributed by atoms with Crippen LogP contribution >= 0.6 is 0 Å². The van der Waals surface area contributed by atoms with E-state index in [1.165, 1.54) is 0 Å². The van der Waals surface area contributed by atoms with Gasteiger partial charge in [0.15, 0.2) is 0 Å². The van der Waals surface area contributed by atoms with E-state index in [1.54, 1.807) is 0 Å². The van der Waals surface area contributed by atoms with Crippen molar-refractivity contribution in [1.82, 2.24) is 16.0 Å². The van der Waals surface area contributed by atoms with Crippen LogP contribution in [0.1, 0.15) is 6.92 Å². The Labute approximate surface area is 48.3 Å². The second-order valence-corrected chi connectivity index (χ2v) is 1.79. The normalized spacial score (nSPS) is 19.5. The fourth-order valence-corrected chi connectivity index (χ4v) is 0.499. The van der Waals surface area contributed by atoms with Gasteiger partial charge in [-0.25, -0.2) is 0 Å². The van der Waals surface area contributed by atoms with E-state index in [0.717, 1.165) is 5.70 Å². The first-order valence-corrected chi connectivity index (χ1v) is 2.43. The second-order valence-electron chi connectivity index (χ2n) is 1.79. The lowest BCUT2D eigenvalue weighted by Crippen LogP contribution is -2.35. The Morgan fingerprint density at radius 3 is 2.38 bits per heavy atom. The van der Waals surface area contributed by atoms with Crippen LogP contribution in [0.2, 0.25) is 0 Å². The summed E-state index contributed by atoms with van der Waals surface area (Å²) in [5, 5.41) is 1.81. The lowest BCUT2D eigenvalue weighted by Gasteiger charge is -2.09. The van der Waals surface area contributed by atoms with Crippen molar-refractivity contribution in [2.24, 2.45) is 5.73 Å². The number of nitrogens with two attached hydrogens (primary N) is 1. The maximum absolute atomic E-state index is 5.43. The maximum Gasteiger partial charge on any atom is 0.133 e. The summed E-state index contributed by atoms with van der Waals surface area (Å²) in [5.41, 5.74) is 12.0. The molecule has 0 amide bonds. The van der Waals surface area contributed by atoms with Crippen molar-refractivity contribution in [3.05, 3.63) is 11.5 Å². The highest BCUT2D eigenvalue weighted by Crippen LogP contribution is 2.01. The lowest BCUT2D eigenvalue weighted by molar-refractivity contribution is 0.306. The molecule has 0 aromatic heterocycles. The number of rotatable bonds is 0. The van der Waals surface area contributed by atoms with E-state index >= 15 is 0 Å². The zero-order valence-corrected chi connectivity index (χ0v) is 5.02. The predicted molar refractivity (Wildman–Crippen MR) is 30.9 cm³/mol. The number of hydrazine groups is 2. The third-order valence-electron chi connectivity index (χ3n) is 1.25. The van der Waals surface area contributed by atoms with Crippen LogP contribution in [-0.2, 0) is 0 Å². The Bertz CT molecular complexity index is 128. The molecular weight excluding hydrogens is 104 g/mol. The molecule has 1 heterocycles. The van der Waals surface area contributed by atoms with Gasteiger partial charge in [0.1, 0.15) is 5.82 Å². The van der Waals surface area contributed by atoms with Gasteiger partial charge in [0, 0.05) is 7.05 Å². The van der Waals surface area contributed by atoms with Crippen molar-refractivity contribution in [1.29, 1.82) is 0 Å². The predicted octanol–water partition coefficient (Wildman–Crippen LogP) is -0.911. The van der Waals surface area contributed by atoms with E-state index in [0.29, 0.717) is 5.82 Å². The van der Waals surface area contributed by atoms with E-state index < -0.39 is 0 Å². The number of nitrogens with one attached hydrogen (secondary N) is 2. The molecule has 4 N–H and O–H groups in total. The average molecular weight is 114 g/mol. The Morgan fingerprint density at radius 1 is 1.62 bits per heavy atom. The molecule has 0 saturated heterocycles. The molecule has 8 heavy (non-hydrogen) atoms. The fourth-order valence-electron chi connectivity index (χ4n) is 0.499. The number of nitrogens with zero attached hydrogens (tertiary/aromatic N) is 1. The van der Waals surface area contributed by atoms with Gasteiger partial charge in [0.05, 0.1) is 5.70 Å². The van der Waals surface area contributed by atoms with Gasteiger partial charge in [0.25, 0.3) is 0 Å². The highest BCUT2D eigenvalue weighted by atomic mass is 15.7. The Kier molecular flexibility index (Phi) is 1.02. The average Bonchev–Trinajstić information content (AvgIpc) is 1.98. The zero-order valence-electron chi connectivity index (χ0n) is 5.02. The molecular formula is C4H10N4. The van der Waals surface area contributed by atoms with Gasteiger partial charge < -0.3 is 5.73 Å². The van der Waals surface area contributed by atoms with Crippen LogP contribution in [0.3, 0.4) is 0 Å². The summed E-state index contributed by atoms with van der Waals surface area (Å²) >= 11 is 0. The molecule has 1 aliphatic rings. The number of hydrogen-bond acceptors (Lipinski definition) is 4. The van der Waals surface area contributed by atoms with E-state index in [4.69, 9.17) is 5.73 Å². The lowest BCUT2D eigenvalue weighted by atomic mass is 10.5. The molecule has 0 unspecified atom stereocenters. The minimum atomic E-state index is 0.688. The van der Waals surface area contributed by atoms with Gasteiger partial charge >= 0.3 is 0 Å². The summed E-state index contributed by atoms with van der Waals surface area (Å²) in [5.74, 6) is 0.688. The first-order chi connectivity index (χ1) is 3.72. The van der Waals surface area contributed by atoms with Gasteiger partial charge in [-0.05, 0) is 6.92 Å². The van der Waals surface area contributed by atoms with Crippen molar-refractivity contribution < 1.29 is 0 Å². The molecule has 4 heteroatoms. The standard InChI is InChI=1S/C4H10N4/c1-3-4(5)6-7-8(3)2/h6-7H,5H2,1-2H3. The molecule has 0 aliphatic carbocycles. The summed E-state index contributed by atoms with van der Waals surface area (Å²) in [6.45, 7) is 1.93. The van der Waals surface area contributed by atoms with Crippen LogP contribution in [0, 0.1) is 0 Å². The van der Waals surface area contributed by atoms with Crippen LogP contribution in [0.4, 0.5) is 0 Å². The minimum absolute atomic E-state index is 0.688. The SMILES string of the molecule is CC1=C(N)NNN1C. The Hall–Kier alpha value is -0.900. The van der Waals surface area contributed by atoms with E-state index in [-0.39, 0.29) is 0 Å². The van der Waals surface area contributed by atoms with Crippen LogP contribution in [0.25, 0.3) is 0 Å². The fraction of sp³-hybridized carbons (Fsp3) is 0.500. The summed E-state index contributed by atoms with van der Waals surface area (Å²) in [6.07, 6.45) is 0. The summed E-state index contributed by atoms with van der Waals surface area (Å²) in [7, 11) is 1.89. The van der Waals surface area contributed by atoms with Crippen LogP contribution in [0.15, 0.2) is 11.5 Å². The second kappa shape index (κ2) is 1.56. The largest absolute Gasteiger partial charge is 0.383 e. The highest BCUT2D eigenvalue weighted by Gasteiger charge is 2.09. The zero-order chi connectivity index (χ0) is 6.15. The quantitative estimate of drug-likeness (QED) is 0.381. The molecule has 0 radical (unpaired) electrons. The van der Waals surface area contributed by atoms with Gasteiger partial charge in [-0.3, -0.25) is 10.4 Å². The van der Waals surface area contributed by atoms with Crippen molar-refractivity contribution in [2.75, 3.05) is 7.05 Å². The summed E-state index contributed by atoms with van der Waals surface area (Å²) in [4.78, 5) is 0. The van der Waals surface area contributed by atoms with E-state index in [2.05, 4.69) is 11.0 Å². The molecule has 1 rings (SSSR count). The molecule has 46 valence electrons. The Morgan fingerprint density at radius 2 is 2.25 bits per heavy atom. The van der Waals surface area contributed by atoms with Gasteiger partial charge in [0.2, 0.25) is 0 Å². The molecule has 0 aromatic carbocycles. The van der Waals surface area contributed by atoms with Crippen molar-refractivity contribution in [2.45, 2.75) is 6.92 Å². The first-order valence-electron chi connectivity index (χ1n) is 2.43. The molecule has 0 aromatic rings. The van der Waals surface area contributed by atoms with Crippen molar-refractivity contribution in [3.63, 3.8) is 0 Å². The molecule has 0 fully saturated rings. The van der Waals surface area contributed by atoms with E-state index in [1.807, 2.05) is 19.0 Å². The summed E-state index contributed by atoms with van der Waals surface area (Å²) < 4.78 is 0.